The molecular weight excluding hydrogens is 274 g/mol. The molecule has 1 aromatic heterocycles. The lowest BCUT2D eigenvalue weighted by molar-refractivity contribution is 0.296. The molecule has 0 aliphatic carbocycles. The van der Waals surface area contributed by atoms with Crippen molar-refractivity contribution >= 4 is 11.0 Å². The molecule has 0 spiro atoms. The van der Waals surface area contributed by atoms with E-state index in [2.05, 4.69) is 42.3 Å². The molecule has 112 valence electrons. The highest BCUT2D eigenvalue weighted by Crippen LogP contribution is 2.37. The van der Waals surface area contributed by atoms with Crippen molar-refractivity contribution in [1.29, 1.82) is 0 Å². The summed E-state index contributed by atoms with van der Waals surface area (Å²) in [4.78, 5) is 2.38. The van der Waals surface area contributed by atoms with Crippen molar-refractivity contribution in [2.24, 2.45) is 0 Å². The van der Waals surface area contributed by atoms with Crippen LogP contribution in [-0.2, 0) is 6.54 Å². The zero-order valence-corrected chi connectivity index (χ0v) is 12.9. The van der Waals surface area contributed by atoms with Gasteiger partial charge in [-0.25, -0.2) is 0 Å². The van der Waals surface area contributed by atoms with Gasteiger partial charge >= 0.3 is 0 Å². The maximum absolute atomic E-state index is 5.56. The summed E-state index contributed by atoms with van der Waals surface area (Å²) < 4.78 is 10.8. The van der Waals surface area contributed by atoms with E-state index in [-0.39, 0.29) is 0 Å². The predicted octanol–water partition coefficient (Wildman–Crippen LogP) is 4.02. The van der Waals surface area contributed by atoms with E-state index in [1.165, 1.54) is 22.1 Å². The second-order valence-electron chi connectivity index (χ2n) is 5.99. The zero-order valence-electron chi connectivity index (χ0n) is 12.9. The van der Waals surface area contributed by atoms with Crippen LogP contribution in [0.4, 0.5) is 0 Å². The number of hydrogen-bond acceptors (Lipinski definition) is 3. The average molecular weight is 293 g/mol. The van der Waals surface area contributed by atoms with Crippen LogP contribution in [0, 0.1) is 0 Å². The van der Waals surface area contributed by atoms with Crippen LogP contribution in [0.25, 0.3) is 11.0 Å². The monoisotopic (exact) mass is 293 g/mol. The second-order valence-corrected chi connectivity index (χ2v) is 5.99. The molecule has 0 radical (unpaired) electrons. The number of benzene rings is 2. The van der Waals surface area contributed by atoms with E-state index in [1.807, 2.05) is 12.1 Å². The Morgan fingerprint density at radius 2 is 1.91 bits per heavy atom. The molecule has 4 rings (SSSR count). The Hall–Kier alpha value is -2.26. The molecule has 0 saturated carbocycles. The van der Waals surface area contributed by atoms with E-state index in [1.54, 1.807) is 13.4 Å². The molecule has 2 aromatic carbocycles. The first-order valence-electron chi connectivity index (χ1n) is 7.58. The molecule has 3 aromatic rings. The minimum absolute atomic E-state index is 0.388. The number of methoxy groups -OCH3 is 1. The summed E-state index contributed by atoms with van der Waals surface area (Å²) in [6, 6.07) is 14.8. The molecule has 0 N–H and O–H groups in total. The Morgan fingerprint density at radius 1 is 1.09 bits per heavy atom. The van der Waals surface area contributed by atoms with Crippen molar-refractivity contribution in [3.8, 4) is 5.75 Å². The summed E-state index contributed by atoms with van der Waals surface area (Å²) in [5.74, 6) is 1.29. The SMILES string of the molecule is COc1ccc(C2CN(C)Cc3c2ccc2occc32)cc1. The van der Waals surface area contributed by atoms with E-state index >= 15 is 0 Å². The second kappa shape index (κ2) is 5.18. The van der Waals surface area contributed by atoms with Gasteiger partial charge < -0.3 is 14.1 Å². The van der Waals surface area contributed by atoms with E-state index in [4.69, 9.17) is 9.15 Å². The number of likely N-dealkylation sites (N-methyl/N-ethyl adjacent to an activating group) is 1. The third-order valence-electron chi connectivity index (χ3n) is 4.60. The normalized spacial score (nSPS) is 18.4. The molecule has 0 fully saturated rings. The Labute approximate surface area is 130 Å². The van der Waals surface area contributed by atoms with Crippen LogP contribution >= 0.6 is 0 Å². The van der Waals surface area contributed by atoms with Gasteiger partial charge in [-0.1, -0.05) is 18.2 Å². The summed E-state index contributed by atoms with van der Waals surface area (Å²) in [5, 5.41) is 1.24. The number of ether oxygens (including phenoxy) is 1. The van der Waals surface area contributed by atoms with Crippen molar-refractivity contribution in [2.45, 2.75) is 12.5 Å². The summed E-state index contributed by atoms with van der Waals surface area (Å²) >= 11 is 0. The van der Waals surface area contributed by atoms with Gasteiger partial charge in [0.2, 0.25) is 0 Å². The lowest BCUT2D eigenvalue weighted by atomic mass is 9.83. The van der Waals surface area contributed by atoms with E-state index in [9.17, 15) is 0 Å². The summed E-state index contributed by atoms with van der Waals surface area (Å²) in [6.45, 7) is 2.00. The average Bonchev–Trinajstić information content (AvgIpc) is 3.03. The standard InChI is InChI=1S/C19H19NO2/c1-20-11-17(13-3-5-14(21-2)6-4-13)15-7-8-19-16(9-10-22-19)18(15)12-20/h3-10,17H,11-12H2,1-2H3. The Bertz CT molecular complexity index is 804. The van der Waals surface area contributed by atoms with Gasteiger partial charge in [-0.2, -0.15) is 0 Å². The van der Waals surface area contributed by atoms with Gasteiger partial charge in [-0.3, -0.25) is 0 Å². The Morgan fingerprint density at radius 3 is 2.68 bits per heavy atom. The molecule has 3 nitrogen and oxygen atoms in total. The third kappa shape index (κ3) is 2.09. The lowest BCUT2D eigenvalue weighted by Gasteiger charge is -2.33. The lowest BCUT2D eigenvalue weighted by Crippen LogP contribution is -2.31. The molecule has 1 unspecified atom stereocenters. The minimum Gasteiger partial charge on any atom is -0.497 e. The first-order chi connectivity index (χ1) is 10.8. The van der Waals surface area contributed by atoms with Gasteiger partial charge in [-0.05, 0) is 48.0 Å². The van der Waals surface area contributed by atoms with E-state index < -0.39 is 0 Å². The van der Waals surface area contributed by atoms with Gasteiger partial charge in [0.1, 0.15) is 11.3 Å². The molecule has 0 saturated heterocycles. The van der Waals surface area contributed by atoms with Crippen molar-refractivity contribution in [1.82, 2.24) is 4.90 Å². The van der Waals surface area contributed by atoms with Crippen LogP contribution in [0.15, 0.2) is 53.1 Å². The van der Waals surface area contributed by atoms with Gasteiger partial charge in [-0.15, -0.1) is 0 Å². The number of hydrogen-bond donors (Lipinski definition) is 0. The Balaban J connectivity index is 1.84. The summed E-state index contributed by atoms with van der Waals surface area (Å²) in [6.07, 6.45) is 1.78. The molecule has 0 amide bonds. The maximum atomic E-state index is 5.56. The molecule has 1 aliphatic heterocycles. The van der Waals surface area contributed by atoms with Crippen LogP contribution < -0.4 is 4.74 Å². The molecular formula is C19H19NO2. The number of fused-ring (bicyclic) bond motifs is 3. The topological polar surface area (TPSA) is 25.6 Å². The summed E-state index contributed by atoms with van der Waals surface area (Å²) in [5.41, 5.74) is 5.11. The maximum Gasteiger partial charge on any atom is 0.134 e. The highest BCUT2D eigenvalue weighted by atomic mass is 16.5. The van der Waals surface area contributed by atoms with Crippen LogP contribution in [0.1, 0.15) is 22.6 Å². The Kier molecular flexibility index (Phi) is 3.16. The highest BCUT2D eigenvalue weighted by Gasteiger charge is 2.26. The fourth-order valence-electron chi connectivity index (χ4n) is 3.49. The number of rotatable bonds is 2. The third-order valence-corrected chi connectivity index (χ3v) is 4.60. The number of furan rings is 1. The van der Waals surface area contributed by atoms with Crippen LogP contribution in [0.5, 0.6) is 5.75 Å². The molecule has 1 atom stereocenters. The quantitative estimate of drug-likeness (QED) is 0.713. The predicted molar refractivity (Wildman–Crippen MR) is 87.4 cm³/mol. The van der Waals surface area contributed by atoms with Crippen molar-refractivity contribution < 1.29 is 9.15 Å². The molecule has 22 heavy (non-hydrogen) atoms. The van der Waals surface area contributed by atoms with Crippen LogP contribution in [-0.4, -0.2) is 25.6 Å². The molecule has 2 heterocycles. The van der Waals surface area contributed by atoms with E-state index in [0.29, 0.717) is 5.92 Å². The van der Waals surface area contributed by atoms with Crippen molar-refractivity contribution in [3.63, 3.8) is 0 Å². The van der Waals surface area contributed by atoms with Gasteiger partial charge in [0.05, 0.1) is 13.4 Å². The van der Waals surface area contributed by atoms with Crippen molar-refractivity contribution in [2.75, 3.05) is 20.7 Å². The fourth-order valence-corrected chi connectivity index (χ4v) is 3.49. The first kappa shape index (κ1) is 13.4. The molecule has 1 aliphatic rings. The summed E-state index contributed by atoms with van der Waals surface area (Å²) in [7, 11) is 3.88. The van der Waals surface area contributed by atoms with E-state index in [0.717, 1.165) is 24.4 Å². The molecule has 0 bridgehead atoms. The molecule has 3 heteroatoms. The van der Waals surface area contributed by atoms with Crippen LogP contribution in [0.2, 0.25) is 0 Å². The van der Waals surface area contributed by atoms with Gasteiger partial charge in [0.25, 0.3) is 0 Å². The van der Waals surface area contributed by atoms with Gasteiger partial charge in [0.15, 0.2) is 0 Å². The van der Waals surface area contributed by atoms with Crippen LogP contribution in [0.3, 0.4) is 0 Å². The number of nitrogens with zero attached hydrogens (tertiary/aromatic N) is 1. The minimum atomic E-state index is 0.388. The fraction of sp³-hybridized carbons (Fsp3) is 0.263. The highest BCUT2D eigenvalue weighted by molar-refractivity contribution is 5.83. The first-order valence-corrected chi connectivity index (χ1v) is 7.58. The zero-order chi connectivity index (χ0) is 15.1. The van der Waals surface area contributed by atoms with Crippen molar-refractivity contribution in [3.05, 3.63) is 65.4 Å². The largest absolute Gasteiger partial charge is 0.497 e. The van der Waals surface area contributed by atoms with Gasteiger partial charge in [0, 0.05) is 24.4 Å². The smallest absolute Gasteiger partial charge is 0.134 e.